The molecule has 1 aliphatic heterocycles. The summed E-state index contributed by atoms with van der Waals surface area (Å²) in [7, 11) is 0. The van der Waals surface area contributed by atoms with E-state index >= 15 is 0 Å². The molecule has 0 saturated heterocycles. The van der Waals surface area contributed by atoms with Crippen molar-refractivity contribution in [2.45, 2.75) is 39.0 Å². The first-order valence-corrected chi connectivity index (χ1v) is 10.1. The van der Waals surface area contributed by atoms with Crippen molar-refractivity contribution in [2.75, 3.05) is 4.90 Å². The highest BCUT2D eigenvalue weighted by molar-refractivity contribution is 6.31. The number of hydrogen-bond donors (Lipinski definition) is 0. The molecule has 1 aliphatic carbocycles. The lowest BCUT2D eigenvalue weighted by Crippen LogP contribution is -2.44. The van der Waals surface area contributed by atoms with Gasteiger partial charge in [0.2, 0.25) is 5.91 Å². The van der Waals surface area contributed by atoms with E-state index in [4.69, 9.17) is 16.9 Å². The number of anilines is 1. The predicted octanol–water partition coefficient (Wildman–Crippen LogP) is 5.51. The fraction of sp³-hybridized carbons (Fsp3) is 0.292. The van der Waals surface area contributed by atoms with E-state index in [2.05, 4.69) is 6.07 Å². The van der Waals surface area contributed by atoms with Gasteiger partial charge in [-0.25, -0.2) is 4.39 Å². The van der Waals surface area contributed by atoms with Crippen LogP contribution in [0.2, 0.25) is 5.02 Å². The van der Waals surface area contributed by atoms with E-state index in [1.165, 1.54) is 12.1 Å². The lowest BCUT2D eigenvalue weighted by Gasteiger charge is -2.43. The number of benzene rings is 2. The van der Waals surface area contributed by atoms with Gasteiger partial charge in [-0.15, -0.1) is 0 Å². The minimum atomic E-state index is -0.709. The van der Waals surface area contributed by atoms with Crippen LogP contribution in [0.15, 0.2) is 53.7 Å². The number of ketones is 1. The molecule has 2 aliphatic rings. The van der Waals surface area contributed by atoms with Gasteiger partial charge in [-0.2, -0.15) is 5.26 Å². The maximum atomic E-state index is 14.7. The third kappa shape index (κ3) is 3.42. The Balaban J connectivity index is 1.93. The van der Waals surface area contributed by atoms with Gasteiger partial charge >= 0.3 is 0 Å². The van der Waals surface area contributed by atoms with Gasteiger partial charge in [-0.3, -0.25) is 14.5 Å². The summed E-state index contributed by atoms with van der Waals surface area (Å²) in [6.07, 6.45) is 0.776. The number of rotatable bonds is 2. The van der Waals surface area contributed by atoms with E-state index in [0.29, 0.717) is 35.4 Å². The normalized spacial score (nSPS) is 20.8. The first-order valence-electron chi connectivity index (χ1n) is 9.75. The highest BCUT2D eigenvalue weighted by Crippen LogP contribution is 2.49. The van der Waals surface area contributed by atoms with E-state index in [0.717, 1.165) is 0 Å². The van der Waals surface area contributed by atoms with Gasteiger partial charge in [0.05, 0.1) is 11.6 Å². The second-order valence-electron chi connectivity index (χ2n) is 8.58. The molecule has 152 valence electrons. The van der Waals surface area contributed by atoms with Crippen molar-refractivity contribution in [1.29, 1.82) is 5.26 Å². The molecule has 0 bridgehead atoms. The van der Waals surface area contributed by atoms with Crippen LogP contribution < -0.4 is 4.90 Å². The third-order valence-electron chi connectivity index (χ3n) is 5.75. The van der Waals surface area contributed by atoms with Crippen molar-refractivity contribution in [2.24, 2.45) is 5.41 Å². The Hall–Kier alpha value is -2.97. The van der Waals surface area contributed by atoms with Gasteiger partial charge in [0.15, 0.2) is 5.78 Å². The molecule has 1 unspecified atom stereocenters. The molecule has 1 heterocycles. The molecular formula is C24H20ClFN2O2. The summed E-state index contributed by atoms with van der Waals surface area (Å²) in [6.45, 7) is 3.96. The van der Waals surface area contributed by atoms with Crippen molar-refractivity contribution < 1.29 is 14.0 Å². The first-order chi connectivity index (χ1) is 14.2. The lowest BCUT2D eigenvalue weighted by atomic mass is 9.69. The molecule has 6 heteroatoms. The molecule has 2 aromatic carbocycles. The van der Waals surface area contributed by atoms with Crippen molar-refractivity contribution >= 4 is 29.0 Å². The Bertz CT molecular complexity index is 1110. The number of amides is 1. The molecule has 30 heavy (non-hydrogen) atoms. The highest BCUT2D eigenvalue weighted by Gasteiger charge is 2.45. The summed E-state index contributed by atoms with van der Waals surface area (Å²) in [6, 6.07) is 13.1. The molecule has 0 saturated carbocycles. The first kappa shape index (κ1) is 20.3. The molecule has 0 N–H and O–H groups in total. The highest BCUT2D eigenvalue weighted by atomic mass is 35.5. The van der Waals surface area contributed by atoms with Crippen LogP contribution in [0.25, 0.3) is 0 Å². The van der Waals surface area contributed by atoms with Gasteiger partial charge in [0, 0.05) is 46.3 Å². The number of allylic oxidation sites excluding steroid dienone is 2. The monoisotopic (exact) mass is 422 g/mol. The zero-order valence-corrected chi connectivity index (χ0v) is 17.5. The fourth-order valence-corrected chi connectivity index (χ4v) is 4.78. The van der Waals surface area contributed by atoms with E-state index < -0.39 is 11.7 Å². The van der Waals surface area contributed by atoms with Crippen LogP contribution in [0.4, 0.5) is 10.1 Å². The number of Topliss-reactive ketones (excluding diaryl/α,β-unsaturated/α-hetero) is 1. The number of carbonyl (C=O) groups excluding carboxylic acids is 2. The minimum absolute atomic E-state index is 0.0499. The fourth-order valence-electron chi connectivity index (χ4n) is 4.49. The van der Waals surface area contributed by atoms with Gasteiger partial charge in [0.25, 0.3) is 0 Å². The average Bonchev–Trinajstić information content (AvgIpc) is 2.66. The standard InChI is InChI=1S/C24H20ClFN2O2/c1-24(2)11-19-23(20(29)12-24)16(22-17(25)4-3-5-18(22)26)10-21(30)28(19)15-8-6-14(13-27)7-9-15/h3-9,16H,10-12H2,1-2H3. The van der Waals surface area contributed by atoms with Crippen LogP contribution in [-0.2, 0) is 9.59 Å². The van der Waals surface area contributed by atoms with Crippen LogP contribution in [-0.4, -0.2) is 11.7 Å². The second kappa shape index (κ2) is 7.37. The Morgan fingerprint density at radius 2 is 1.83 bits per heavy atom. The van der Waals surface area contributed by atoms with Crippen molar-refractivity contribution in [3.05, 3.63) is 75.7 Å². The second-order valence-corrected chi connectivity index (χ2v) is 8.99. The molecule has 4 rings (SSSR count). The smallest absolute Gasteiger partial charge is 0.232 e. The van der Waals surface area contributed by atoms with Gasteiger partial charge < -0.3 is 0 Å². The number of hydrogen-bond acceptors (Lipinski definition) is 3. The third-order valence-corrected chi connectivity index (χ3v) is 6.08. The number of carbonyl (C=O) groups is 2. The largest absolute Gasteiger partial charge is 0.294 e. The van der Waals surface area contributed by atoms with Crippen molar-refractivity contribution in [3.8, 4) is 6.07 Å². The number of nitriles is 1. The molecule has 1 amide bonds. The summed E-state index contributed by atoms with van der Waals surface area (Å²) in [5.74, 6) is -1.54. The predicted molar refractivity (Wildman–Crippen MR) is 112 cm³/mol. The van der Waals surface area contributed by atoms with E-state index in [1.807, 2.05) is 13.8 Å². The maximum absolute atomic E-state index is 14.7. The molecule has 4 nitrogen and oxygen atoms in total. The van der Waals surface area contributed by atoms with Crippen LogP contribution in [0.3, 0.4) is 0 Å². The molecular weight excluding hydrogens is 403 g/mol. The van der Waals surface area contributed by atoms with E-state index in [1.54, 1.807) is 35.2 Å². The molecule has 0 spiro atoms. The van der Waals surface area contributed by atoms with Gasteiger partial charge in [-0.05, 0) is 48.2 Å². The van der Waals surface area contributed by atoms with Crippen molar-refractivity contribution in [1.82, 2.24) is 0 Å². The summed E-state index contributed by atoms with van der Waals surface area (Å²) < 4.78 is 14.7. The van der Waals surface area contributed by atoms with E-state index in [9.17, 15) is 14.0 Å². The number of halogens is 2. The van der Waals surface area contributed by atoms with Crippen LogP contribution in [0.5, 0.6) is 0 Å². The topological polar surface area (TPSA) is 61.2 Å². The summed E-state index contributed by atoms with van der Waals surface area (Å²) >= 11 is 6.30. The molecule has 0 radical (unpaired) electrons. The maximum Gasteiger partial charge on any atom is 0.232 e. The molecule has 0 aromatic heterocycles. The van der Waals surface area contributed by atoms with Crippen LogP contribution in [0.1, 0.15) is 50.2 Å². The quantitative estimate of drug-likeness (QED) is 0.640. The van der Waals surface area contributed by atoms with Gasteiger partial charge in [-0.1, -0.05) is 31.5 Å². The SMILES string of the molecule is CC1(C)CC(=O)C2=C(C1)N(c1ccc(C#N)cc1)C(=O)CC2c1c(F)cccc1Cl. The summed E-state index contributed by atoms with van der Waals surface area (Å²) in [5.41, 5.74) is 2.00. The Labute approximate surface area is 179 Å². The Morgan fingerprint density at radius 3 is 2.47 bits per heavy atom. The summed E-state index contributed by atoms with van der Waals surface area (Å²) in [4.78, 5) is 28.1. The van der Waals surface area contributed by atoms with Gasteiger partial charge in [0.1, 0.15) is 5.82 Å². The molecule has 2 aromatic rings. The lowest BCUT2D eigenvalue weighted by molar-refractivity contribution is -0.121. The Morgan fingerprint density at radius 1 is 1.13 bits per heavy atom. The molecule has 0 fully saturated rings. The minimum Gasteiger partial charge on any atom is -0.294 e. The number of nitrogens with zero attached hydrogens (tertiary/aromatic N) is 2. The Kier molecular flexibility index (Phi) is 4.99. The van der Waals surface area contributed by atoms with Crippen LogP contribution >= 0.6 is 11.6 Å². The zero-order chi connectivity index (χ0) is 21.6. The summed E-state index contributed by atoms with van der Waals surface area (Å²) in [5, 5.41) is 9.27. The molecule has 1 atom stereocenters. The van der Waals surface area contributed by atoms with Crippen molar-refractivity contribution in [3.63, 3.8) is 0 Å². The van der Waals surface area contributed by atoms with E-state index in [-0.39, 0.29) is 34.1 Å². The zero-order valence-electron chi connectivity index (χ0n) is 16.7. The average molecular weight is 423 g/mol. The van der Waals surface area contributed by atoms with Crippen LogP contribution in [0, 0.1) is 22.6 Å².